The van der Waals surface area contributed by atoms with Crippen LogP contribution in [0.1, 0.15) is 46.0 Å². The molecule has 1 aliphatic carbocycles. The zero-order chi connectivity index (χ0) is 12.3. The van der Waals surface area contributed by atoms with E-state index in [1.54, 1.807) is 0 Å². The molecule has 2 rings (SSSR count). The van der Waals surface area contributed by atoms with Crippen LogP contribution >= 0.6 is 11.8 Å². The average molecular weight is 257 g/mol. The Morgan fingerprint density at radius 2 is 2.18 bits per heavy atom. The van der Waals surface area contributed by atoms with Gasteiger partial charge in [-0.15, -0.1) is 0 Å². The largest absolute Gasteiger partial charge is 0.377 e. The van der Waals surface area contributed by atoms with Gasteiger partial charge < -0.3 is 10.1 Å². The van der Waals surface area contributed by atoms with Crippen LogP contribution in [0.25, 0.3) is 0 Å². The zero-order valence-electron chi connectivity index (χ0n) is 11.5. The van der Waals surface area contributed by atoms with E-state index in [0.29, 0.717) is 17.6 Å². The lowest BCUT2D eigenvalue weighted by atomic mass is 9.75. The minimum Gasteiger partial charge on any atom is -0.377 e. The minimum atomic E-state index is 0.529. The predicted molar refractivity (Wildman–Crippen MR) is 75.7 cm³/mol. The summed E-state index contributed by atoms with van der Waals surface area (Å²) in [4.78, 5) is 0. The molecule has 3 atom stereocenters. The Bertz CT molecular complexity index is 238. The van der Waals surface area contributed by atoms with Crippen LogP contribution in [0.5, 0.6) is 0 Å². The molecule has 1 saturated carbocycles. The monoisotopic (exact) mass is 257 g/mol. The summed E-state index contributed by atoms with van der Waals surface area (Å²) in [5, 5.41) is 4.28. The van der Waals surface area contributed by atoms with Gasteiger partial charge in [-0.3, -0.25) is 0 Å². The molecular formula is C14H27NOS. The highest BCUT2D eigenvalue weighted by Gasteiger charge is 2.34. The maximum Gasteiger partial charge on any atom is 0.0666 e. The maximum absolute atomic E-state index is 5.72. The van der Waals surface area contributed by atoms with Crippen molar-refractivity contribution in [3.63, 3.8) is 0 Å². The third kappa shape index (κ3) is 3.87. The van der Waals surface area contributed by atoms with Crippen LogP contribution in [-0.4, -0.2) is 36.8 Å². The lowest BCUT2D eigenvalue weighted by Gasteiger charge is -2.40. The van der Waals surface area contributed by atoms with Crippen molar-refractivity contribution in [3.05, 3.63) is 0 Å². The molecule has 1 aliphatic heterocycles. The number of hydrogen-bond acceptors (Lipinski definition) is 3. The highest BCUT2D eigenvalue weighted by atomic mass is 32.2. The Balaban J connectivity index is 1.82. The Morgan fingerprint density at radius 1 is 1.35 bits per heavy atom. The number of hydrogen-bond donors (Lipinski definition) is 1. The molecule has 2 nitrogen and oxygen atoms in total. The molecule has 2 fully saturated rings. The molecule has 0 amide bonds. The summed E-state index contributed by atoms with van der Waals surface area (Å²) in [5.41, 5.74) is 0.529. The summed E-state index contributed by atoms with van der Waals surface area (Å²) >= 11 is 2.14. The standard InChI is InChI=1S/C14H27NOS/c1-14(2)7-6-12(15-3)13(9-14)17-10-11-5-4-8-16-11/h11-13,15H,4-10H2,1-3H3. The molecule has 17 heavy (non-hydrogen) atoms. The second kappa shape index (κ2) is 5.94. The van der Waals surface area contributed by atoms with Gasteiger partial charge in [-0.25, -0.2) is 0 Å². The lowest BCUT2D eigenvalue weighted by Crippen LogP contribution is -2.43. The molecule has 1 heterocycles. The Labute approximate surface area is 110 Å². The summed E-state index contributed by atoms with van der Waals surface area (Å²) in [7, 11) is 2.11. The quantitative estimate of drug-likeness (QED) is 0.836. The van der Waals surface area contributed by atoms with Gasteiger partial charge in [-0.1, -0.05) is 13.8 Å². The molecule has 2 aliphatic rings. The second-order valence-electron chi connectivity index (χ2n) is 6.31. The number of rotatable bonds is 4. The van der Waals surface area contributed by atoms with E-state index >= 15 is 0 Å². The topological polar surface area (TPSA) is 21.3 Å². The van der Waals surface area contributed by atoms with Gasteiger partial charge >= 0.3 is 0 Å². The SMILES string of the molecule is CNC1CCC(C)(C)CC1SCC1CCCO1. The summed E-state index contributed by atoms with van der Waals surface area (Å²) < 4.78 is 5.72. The normalized spacial score (nSPS) is 37.2. The Hall–Kier alpha value is 0.270. The van der Waals surface area contributed by atoms with Crippen LogP contribution in [0.15, 0.2) is 0 Å². The van der Waals surface area contributed by atoms with E-state index in [9.17, 15) is 0 Å². The maximum atomic E-state index is 5.72. The van der Waals surface area contributed by atoms with Crippen molar-refractivity contribution in [1.82, 2.24) is 5.32 Å². The van der Waals surface area contributed by atoms with E-state index in [-0.39, 0.29) is 0 Å². The third-order valence-corrected chi connectivity index (χ3v) is 5.71. The average Bonchev–Trinajstić information content (AvgIpc) is 2.78. The molecule has 3 unspecified atom stereocenters. The summed E-state index contributed by atoms with van der Waals surface area (Å²) in [6.07, 6.45) is 7.09. The van der Waals surface area contributed by atoms with Crippen molar-refractivity contribution in [3.8, 4) is 0 Å². The van der Waals surface area contributed by atoms with Crippen molar-refractivity contribution in [2.75, 3.05) is 19.4 Å². The van der Waals surface area contributed by atoms with Gasteiger partial charge in [0.15, 0.2) is 0 Å². The first-order chi connectivity index (χ1) is 8.11. The van der Waals surface area contributed by atoms with E-state index in [0.717, 1.165) is 11.9 Å². The first kappa shape index (κ1) is 13.7. The molecule has 0 aromatic heterocycles. The van der Waals surface area contributed by atoms with Gasteiger partial charge in [0, 0.05) is 23.7 Å². The van der Waals surface area contributed by atoms with Crippen molar-refractivity contribution >= 4 is 11.8 Å². The van der Waals surface area contributed by atoms with Crippen LogP contribution in [-0.2, 0) is 4.74 Å². The number of nitrogens with one attached hydrogen (secondary N) is 1. The van der Waals surface area contributed by atoms with Gasteiger partial charge in [-0.05, 0) is 44.6 Å². The van der Waals surface area contributed by atoms with Gasteiger partial charge in [-0.2, -0.15) is 11.8 Å². The molecule has 3 heteroatoms. The van der Waals surface area contributed by atoms with Gasteiger partial charge in [0.25, 0.3) is 0 Å². The summed E-state index contributed by atoms with van der Waals surface area (Å²) in [5.74, 6) is 1.19. The molecule has 1 N–H and O–H groups in total. The van der Waals surface area contributed by atoms with Crippen molar-refractivity contribution in [2.24, 2.45) is 5.41 Å². The van der Waals surface area contributed by atoms with Gasteiger partial charge in [0.1, 0.15) is 0 Å². The second-order valence-corrected chi connectivity index (χ2v) is 7.58. The van der Waals surface area contributed by atoms with E-state index in [1.165, 1.54) is 37.9 Å². The predicted octanol–water partition coefficient (Wildman–Crippen LogP) is 3.07. The fraction of sp³-hybridized carbons (Fsp3) is 1.00. The zero-order valence-corrected chi connectivity index (χ0v) is 12.3. The third-order valence-electron chi connectivity index (χ3n) is 4.23. The Morgan fingerprint density at radius 3 is 2.82 bits per heavy atom. The summed E-state index contributed by atoms with van der Waals surface area (Å²) in [6, 6.07) is 0.703. The molecule has 0 aromatic rings. The minimum absolute atomic E-state index is 0.529. The fourth-order valence-electron chi connectivity index (χ4n) is 3.03. The number of thioether (sulfide) groups is 1. The fourth-order valence-corrected chi connectivity index (χ4v) is 4.83. The highest BCUT2D eigenvalue weighted by molar-refractivity contribution is 8.00. The van der Waals surface area contributed by atoms with Crippen molar-refractivity contribution in [1.29, 1.82) is 0 Å². The van der Waals surface area contributed by atoms with Crippen LogP contribution in [0.2, 0.25) is 0 Å². The molecule has 0 bridgehead atoms. The molecule has 0 aromatic carbocycles. The van der Waals surface area contributed by atoms with Gasteiger partial charge in [0.2, 0.25) is 0 Å². The molecule has 100 valence electrons. The van der Waals surface area contributed by atoms with Crippen LogP contribution in [0.4, 0.5) is 0 Å². The van der Waals surface area contributed by atoms with Crippen molar-refractivity contribution < 1.29 is 4.74 Å². The van der Waals surface area contributed by atoms with Crippen LogP contribution in [0, 0.1) is 5.41 Å². The smallest absolute Gasteiger partial charge is 0.0666 e. The van der Waals surface area contributed by atoms with Crippen LogP contribution < -0.4 is 5.32 Å². The van der Waals surface area contributed by atoms with Crippen molar-refractivity contribution in [2.45, 2.75) is 63.3 Å². The molecule has 0 spiro atoms. The van der Waals surface area contributed by atoms with E-state index in [2.05, 4.69) is 38.0 Å². The highest BCUT2D eigenvalue weighted by Crippen LogP contribution is 2.40. The lowest BCUT2D eigenvalue weighted by molar-refractivity contribution is 0.128. The summed E-state index contributed by atoms with van der Waals surface area (Å²) in [6.45, 7) is 5.81. The van der Waals surface area contributed by atoms with Crippen LogP contribution in [0.3, 0.4) is 0 Å². The van der Waals surface area contributed by atoms with E-state index in [1.807, 2.05) is 0 Å². The first-order valence-corrected chi connectivity index (χ1v) is 8.06. The van der Waals surface area contributed by atoms with E-state index < -0.39 is 0 Å². The first-order valence-electron chi connectivity index (χ1n) is 7.01. The molecule has 0 radical (unpaired) electrons. The molecular weight excluding hydrogens is 230 g/mol. The van der Waals surface area contributed by atoms with E-state index in [4.69, 9.17) is 4.74 Å². The Kier molecular flexibility index (Phi) is 4.79. The number of ether oxygens (including phenoxy) is 1. The molecule has 1 saturated heterocycles. The van der Waals surface area contributed by atoms with Gasteiger partial charge in [0.05, 0.1) is 6.10 Å².